The Morgan fingerprint density at radius 3 is 2.59 bits per heavy atom. The molecule has 1 aliphatic heterocycles. The molecule has 0 fully saturated rings. The lowest BCUT2D eigenvalue weighted by atomic mass is 9.94. The standard InChI is InChI=1S/C23H27NO3/c1-3-27-23(25)22-12-13-24(16-18-8-5-4-6-9-18)17-20(22)14-19-10-7-11-21(15-19)26-2/h4-11,15H,3,12-14,16-17H2,1-2H3. The van der Waals surface area contributed by atoms with E-state index in [4.69, 9.17) is 9.47 Å². The van der Waals surface area contributed by atoms with E-state index in [1.807, 2.05) is 31.2 Å². The fourth-order valence-electron chi connectivity index (χ4n) is 3.52. The zero-order valence-corrected chi connectivity index (χ0v) is 16.1. The molecule has 3 rings (SSSR count). The fraction of sp³-hybridized carbons (Fsp3) is 0.348. The summed E-state index contributed by atoms with van der Waals surface area (Å²) in [7, 11) is 1.67. The quantitative estimate of drug-likeness (QED) is 0.695. The second-order valence-corrected chi connectivity index (χ2v) is 6.78. The first-order valence-electron chi connectivity index (χ1n) is 9.46. The normalized spacial score (nSPS) is 14.9. The van der Waals surface area contributed by atoms with Crippen molar-refractivity contribution in [2.75, 3.05) is 26.8 Å². The van der Waals surface area contributed by atoms with Crippen LogP contribution in [0.5, 0.6) is 5.75 Å². The summed E-state index contributed by atoms with van der Waals surface area (Å²) in [5.41, 5.74) is 4.42. The smallest absolute Gasteiger partial charge is 0.334 e. The van der Waals surface area contributed by atoms with Crippen molar-refractivity contribution in [3.63, 3.8) is 0 Å². The van der Waals surface area contributed by atoms with Crippen molar-refractivity contribution in [1.29, 1.82) is 0 Å². The van der Waals surface area contributed by atoms with Crippen LogP contribution in [0.15, 0.2) is 65.7 Å². The Kier molecular flexibility index (Phi) is 6.66. The van der Waals surface area contributed by atoms with Gasteiger partial charge in [0.1, 0.15) is 5.75 Å². The molecule has 0 N–H and O–H groups in total. The molecule has 0 saturated carbocycles. The van der Waals surface area contributed by atoms with Crippen LogP contribution in [-0.2, 0) is 22.5 Å². The number of nitrogens with zero attached hydrogens (tertiary/aromatic N) is 1. The van der Waals surface area contributed by atoms with Crippen LogP contribution < -0.4 is 4.74 Å². The van der Waals surface area contributed by atoms with E-state index in [1.165, 1.54) is 5.56 Å². The van der Waals surface area contributed by atoms with E-state index in [0.29, 0.717) is 6.61 Å². The molecule has 4 heteroatoms. The Labute approximate surface area is 161 Å². The van der Waals surface area contributed by atoms with Gasteiger partial charge in [-0.15, -0.1) is 0 Å². The van der Waals surface area contributed by atoms with Gasteiger partial charge in [0, 0.05) is 25.2 Å². The number of hydrogen-bond donors (Lipinski definition) is 0. The maximum absolute atomic E-state index is 12.5. The summed E-state index contributed by atoms with van der Waals surface area (Å²) >= 11 is 0. The Morgan fingerprint density at radius 2 is 1.85 bits per heavy atom. The Morgan fingerprint density at radius 1 is 1.07 bits per heavy atom. The lowest BCUT2D eigenvalue weighted by Crippen LogP contribution is -2.34. The van der Waals surface area contributed by atoms with E-state index in [-0.39, 0.29) is 5.97 Å². The third-order valence-electron chi connectivity index (χ3n) is 4.84. The SMILES string of the molecule is CCOC(=O)C1=C(Cc2cccc(OC)c2)CN(Cc2ccccc2)CC1. The zero-order valence-electron chi connectivity index (χ0n) is 16.1. The average molecular weight is 365 g/mol. The Balaban J connectivity index is 1.81. The summed E-state index contributed by atoms with van der Waals surface area (Å²) in [5.74, 6) is 0.664. The third-order valence-corrected chi connectivity index (χ3v) is 4.84. The van der Waals surface area contributed by atoms with Crippen LogP contribution in [-0.4, -0.2) is 37.7 Å². The molecule has 0 spiro atoms. The van der Waals surface area contributed by atoms with Crippen LogP contribution in [0.2, 0.25) is 0 Å². The zero-order chi connectivity index (χ0) is 19.1. The minimum atomic E-state index is -0.172. The molecule has 0 saturated heterocycles. The van der Waals surface area contributed by atoms with Crippen molar-refractivity contribution in [3.05, 3.63) is 76.9 Å². The second-order valence-electron chi connectivity index (χ2n) is 6.78. The lowest BCUT2D eigenvalue weighted by molar-refractivity contribution is -0.138. The van der Waals surface area contributed by atoms with E-state index in [0.717, 1.165) is 54.9 Å². The molecule has 0 unspecified atom stereocenters. The molecule has 1 heterocycles. The van der Waals surface area contributed by atoms with Crippen LogP contribution in [0.25, 0.3) is 0 Å². The maximum Gasteiger partial charge on any atom is 0.334 e. The van der Waals surface area contributed by atoms with E-state index in [9.17, 15) is 4.79 Å². The average Bonchev–Trinajstić information content (AvgIpc) is 2.69. The molecule has 0 radical (unpaired) electrons. The fourth-order valence-corrected chi connectivity index (χ4v) is 3.52. The van der Waals surface area contributed by atoms with Crippen molar-refractivity contribution in [2.45, 2.75) is 26.3 Å². The van der Waals surface area contributed by atoms with Crippen LogP contribution in [0.4, 0.5) is 0 Å². The van der Waals surface area contributed by atoms with Gasteiger partial charge in [0.05, 0.1) is 13.7 Å². The molecule has 2 aromatic rings. The van der Waals surface area contributed by atoms with Crippen LogP contribution in [0.3, 0.4) is 0 Å². The van der Waals surface area contributed by atoms with Gasteiger partial charge in [-0.05, 0) is 48.6 Å². The number of benzene rings is 2. The van der Waals surface area contributed by atoms with Gasteiger partial charge < -0.3 is 9.47 Å². The minimum absolute atomic E-state index is 0.172. The number of rotatable bonds is 7. The van der Waals surface area contributed by atoms with Crippen molar-refractivity contribution in [1.82, 2.24) is 4.90 Å². The molecule has 1 aliphatic rings. The molecule has 0 amide bonds. The maximum atomic E-state index is 12.5. The predicted molar refractivity (Wildman–Crippen MR) is 107 cm³/mol. The summed E-state index contributed by atoms with van der Waals surface area (Å²) in [4.78, 5) is 14.9. The van der Waals surface area contributed by atoms with Gasteiger partial charge in [-0.25, -0.2) is 4.79 Å². The molecule has 0 bridgehead atoms. The van der Waals surface area contributed by atoms with E-state index in [2.05, 4.69) is 35.2 Å². The molecular formula is C23H27NO3. The minimum Gasteiger partial charge on any atom is -0.497 e. The van der Waals surface area contributed by atoms with E-state index in [1.54, 1.807) is 7.11 Å². The van der Waals surface area contributed by atoms with Gasteiger partial charge >= 0.3 is 5.97 Å². The summed E-state index contributed by atoms with van der Waals surface area (Å²) in [6.45, 7) is 4.79. The second kappa shape index (κ2) is 9.38. The summed E-state index contributed by atoms with van der Waals surface area (Å²) < 4.78 is 10.6. The predicted octanol–water partition coefficient (Wildman–Crippen LogP) is 4.00. The monoisotopic (exact) mass is 365 g/mol. The highest BCUT2D eigenvalue weighted by Gasteiger charge is 2.24. The molecule has 0 aliphatic carbocycles. The van der Waals surface area contributed by atoms with Crippen molar-refractivity contribution < 1.29 is 14.3 Å². The van der Waals surface area contributed by atoms with Crippen LogP contribution >= 0.6 is 0 Å². The largest absolute Gasteiger partial charge is 0.497 e. The number of ether oxygens (including phenoxy) is 2. The first kappa shape index (κ1) is 19.2. The molecule has 0 aromatic heterocycles. The highest BCUT2D eigenvalue weighted by molar-refractivity contribution is 5.89. The highest BCUT2D eigenvalue weighted by atomic mass is 16.5. The van der Waals surface area contributed by atoms with Gasteiger partial charge in [0.15, 0.2) is 0 Å². The van der Waals surface area contributed by atoms with E-state index >= 15 is 0 Å². The van der Waals surface area contributed by atoms with Gasteiger partial charge in [0.2, 0.25) is 0 Å². The Bertz CT molecular complexity index is 798. The number of hydrogen-bond acceptors (Lipinski definition) is 4. The Hall–Kier alpha value is -2.59. The van der Waals surface area contributed by atoms with Gasteiger partial charge in [0.25, 0.3) is 0 Å². The van der Waals surface area contributed by atoms with Crippen molar-refractivity contribution in [3.8, 4) is 5.75 Å². The number of carbonyl (C=O) groups is 1. The number of methoxy groups -OCH3 is 1. The molecule has 142 valence electrons. The molecule has 27 heavy (non-hydrogen) atoms. The van der Waals surface area contributed by atoms with Crippen LogP contribution in [0.1, 0.15) is 24.5 Å². The molecular weight excluding hydrogens is 338 g/mol. The van der Waals surface area contributed by atoms with Crippen LogP contribution in [0, 0.1) is 0 Å². The first-order valence-corrected chi connectivity index (χ1v) is 9.46. The number of esters is 1. The summed E-state index contributed by atoms with van der Waals surface area (Å²) in [6, 6.07) is 18.5. The van der Waals surface area contributed by atoms with Gasteiger partial charge in [-0.1, -0.05) is 42.5 Å². The summed E-state index contributed by atoms with van der Waals surface area (Å²) in [6.07, 6.45) is 1.46. The molecule has 2 aromatic carbocycles. The van der Waals surface area contributed by atoms with Crippen molar-refractivity contribution in [2.24, 2.45) is 0 Å². The third kappa shape index (κ3) is 5.20. The number of carbonyl (C=O) groups excluding carboxylic acids is 1. The van der Waals surface area contributed by atoms with Gasteiger partial charge in [-0.2, -0.15) is 0 Å². The highest BCUT2D eigenvalue weighted by Crippen LogP contribution is 2.25. The summed E-state index contributed by atoms with van der Waals surface area (Å²) in [5, 5.41) is 0. The molecule has 4 nitrogen and oxygen atoms in total. The first-order chi connectivity index (χ1) is 13.2. The lowest BCUT2D eigenvalue weighted by Gasteiger charge is -2.30. The molecule has 0 atom stereocenters. The van der Waals surface area contributed by atoms with Gasteiger partial charge in [-0.3, -0.25) is 4.90 Å². The van der Waals surface area contributed by atoms with E-state index < -0.39 is 0 Å². The van der Waals surface area contributed by atoms with Crippen molar-refractivity contribution >= 4 is 5.97 Å². The topological polar surface area (TPSA) is 38.8 Å².